The predicted octanol–water partition coefficient (Wildman–Crippen LogP) is 2.03. The summed E-state index contributed by atoms with van der Waals surface area (Å²) in [6.45, 7) is 0. The van der Waals surface area contributed by atoms with Crippen LogP contribution in [-0.2, 0) is 4.79 Å². The first-order valence-electron chi connectivity index (χ1n) is 6.76. The second-order valence-corrected chi connectivity index (χ2v) is 6.19. The molecule has 0 spiro atoms. The monoisotopic (exact) mass is 318 g/mol. The number of benzene rings is 1. The lowest BCUT2D eigenvalue weighted by atomic mass is 9.99. The lowest BCUT2D eigenvalue weighted by molar-refractivity contribution is -0.143. The van der Waals surface area contributed by atoms with Crippen LogP contribution in [0.25, 0.3) is 11.3 Å². The third kappa shape index (κ3) is 2.71. The molecule has 1 aromatic carbocycles. The van der Waals surface area contributed by atoms with Gasteiger partial charge in [0.2, 0.25) is 0 Å². The molecule has 6 nitrogen and oxygen atoms in total. The molecule has 0 aliphatic carbocycles. The number of rotatable bonds is 4. The first kappa shape index (κ1) is 14.6. The summed E-state index contributed by atoms with van der Waals surface area (Å²) in [6, 6.07) is 10.8. The third-order valence-corrected chi connectivity index (χ3v) is 4.77. The van der Waals surface area contributed by atoms with Gasteiger partial charge in [0.25, 0.3) is 5.91 Å². The molecule has 1 aliphatic heterocycles. The molecule has 1 unspecified atom stereocenters. The number of nitrogens with one attached hydrogen (secondary N) is 1. The number of amides is 1. The molecule has 2 N–H and O–H groups in total. The number of carboxylic acid groups (broad SMARTS) is 1. The SMILES string of the molecule is O=C(NC1(C(=O)O)CCSC1)c1cc(-c2ccccc2)on1. The number of carbonyl (C=O) groups excluding carboxylic acids is 1. The molecule has 0 saturated carbocycles. The van der Waals surface area contributed by atoms with Crippen molar-refractivity contribution in [3.8, 4) is 11.3 Å². The van der Waals surface area contributed by atoms with E-state index in [1.807, 2.05) is 30.3 Å². The van der Waals surface area contributed by atoms with Crippen molar-refractivity contribution in [3.63, 3.8) is 0 Å². The van der Waals surface area contributed by atoms with E-state index in [2.05, 4.69) is 10.5 Å². The summed E-state index contributed by atoms with van der Waals surface area (Å²) in [5, 5.41) is 15.7. The molecule has 7 heteroatoms. The number of hydrogen-bond donors (Lipinski definition) is 2. The molecule has 1 aliphatic rings. The van der Waals surface area contributed by atoms with E-state index in [9.17, 15) is 14.7 Å². The van der Waals surface area contributed by atoms with Gasteiger partial charge in [0.15, 0.2) is 11.5 Å². The Kier molecular flexibility index (Phi) is 3.89. The van der Waals surface area contributed by atoms with Crippen LogP contribution in [0, 0.1) is 0 Å². The molecule has 2 heterocycles. The van der Waals surface area contributed by atoms with E-state index in [0.29, 0.717) is 23.7 Å². The highest BCUT2D eigenvalue weighted by molar-refractivity contribution is 7.99. The Bertz CT molecular complexity index is 693. The van der Waals surface area contributed by atoms with Crippen LogP contribution >= 0.6 is 11.8 Å². The molecule has 0 bridgehead atoms. The Labute approximate surface area is 130 Å². The van der Waals surface area contributed by atoms with Crippen molar-refractivity contribution < 1.29 is 19.2 Å². The predicted molar refractivity (Wildman–Crippen MR) is 81.7 cm³/mol. The molecular weight excluding hydrogens is 304 g/mol. The molecule has 2 aromatic rings. The number of aliphatic carboxylic acids is 1. The van der Waals surface area contributed by atoms with Gasteiger partial charge in [0, 0.05) is 17.4 Å². The van der Waals surface area contributed by atoms with Gasteiger partial charge in [0.1, 0.15) is 5.54 Å². The van der Waals surface area contributed by atoms with Crippen LogP contribution in [0.2, 0.25) is 0 Å². The number of hydrogen-bond acceptors (Lipinski definition) is 5. The van der Waals surface area contributed by atoms with Crippen molar-refractivity contribution >= 4 is 23.6 Å². The fraction of sp³-hybridized carbons (Fsp3) is 0.267. The third-order valence-electron chi connectivity index (χ3n) is 3.58. The highest BCUT2D eigenvalue weighted by Gasteiger charge is 2.43. The molecule has 1 fully saturated rings. The van der Waals surface area contributed by atoms with Crippen molar-refractivity contribution in [1.29, 1.82) is 0 Å². The maximum absolute atomic E-state index is 12.2. The Morgan fingerprint density at radius 2 is 2.09 bits per heavy atom. The zero-order chi connectivity index (χ0) is 15.6. The smallest absolute Gasteiger partial charge is 0.330 e. The summed E-state index contributed by atoms with van der Waals surface area (Å²) in [5.74, 6) is -0.0117. The van der Waals surface area contributed by atoms with Gasteiger partial charge in [-0.05, 0) is 12.2 Å². The average molecular weight is 318 g/mol. The molecule has 0 radical (unpaired) electrons. The van der Waals surface area contributed by atoms with Crippen molar-refractivity contribution in [1.82, 2.24) is 10.5 Å². The standard InChI is InChI=1S/C15H14N2O4S/c18-13(16-15(14(19)20)6-7-22-9-15)11-8-12(21-17-11)10-4-2-1-3-5-10/h1-5,8H,6-7,9H2,(H,16,18)(H,19,20). The lowest BCUT2D eigenvalue weighted by Crippen LogP contribution is -2.54. The normalized spacial score (nSPS) is 20.7. The summed E-state index contributed by atoms with van der Waals surface area (Å²) in [7, 11) is 0. The van der Waals surface area contributed by atoms with Crippen LogP contribution in [0.5, 0.6) is 0 Å². The van der Waals surface area contributed by atoms with Crippen LogP contribution in [0.3, 0.4) is 0 Å². The minimum atomic E-state index is -1.21. The first-order chi connectivity index (χ1) is 10.6. The Morgan fingerprint density at radius 1 is 1.32 bits per heavy atom. The summed E-state index contributed by atoms with van der Waals surface area (Å²) >= 11 is 1.51. The topological polar surface area (TPSA) is 92.4 Å². The lowest BCUT2D eigenvalue weighted by Gasteiger charge is -2.23. The maximum Gasteiger partial charge on any atom is 0.330 e. The molecular formula is C15H14N2O4S. The van der Waals surface area contributed by atoms with Crippen LogP contribution in [-0.4, -0.2) is 39.2 Å². The van der Waals surface area contributed by atoms with Crippen molar-refractivity contribution in [2.24, 2.45) is 0 Å². The van der Waals surface area contributed by atoms with Gasteiger partial charge in [-0.1, -0.05) is 35.5 Å². The molecule has 114 valence electrons. The first-order valence-corrected chi connectivity index (χ1v) is 7.92. The highest BCUT2D eigenvalue weighted by Crippen LogP contribution is 2.29. The van der Waals surface area contributed by atoms with Crippen LogP contribution in [0.1, 0.15) is 16.9 Å². The number of aromatic nitrogens is 1. The summed E-state index contributed by atoms with van der Waals surface area (Å²) in [6.07, 6.45) is 0.405. The zero-order valence-corrected chi connectivity index (χ0v) is 12.4. The molecule has 1 atom stereocenters. The number of thioether (sulfide) groups is 1. The molecule has 3 rings (SSSR count). The van der Waals surface area contributed by atoms with E-state index in [4.69, 9.17) is 4.52 Å². The van der Waals surface area contributed by atoms with Gasteiger partial charge < -0.3 is 14.9 Å². The van der Waals surface area contributed by atoms with Gasteiger partial charge in [-0.15, -0.1) is 0 Å². The number of carbonyl (C=O) groups is 2. The van der Waals surface area contributed by atoms with E-state index >= 15 is 0 Å². The molecule has 1 amide bonds. The largest absolute Gasteiger partial charge is 0.479 e. The van der Waals surface area contributed by atoms with Crippen molar-refractivity contribution in [3.05, 3.63) is 42.1 Å². The van der Waals surface area contributed by atoms with Crippen LogP contribution < -0.4 is 5.32 Å². The zero-order valence-electron chi connectivity index (χ0n) is 11.6. The Morgan fingerprint density at radius 3 is 2.73 bits per heavy atom. The minimum absolute atomic E-state index is 0.0800. The summed E-state index contributed by atoms with van der Waals surface area (Å²) < 4.78 is 5.17. The van der Waals surface area contributed by atoms with Crippen LogP contribution in [0.4, 0.5) is 0 Å². The molecule has 1 aromatic heterocycles. The van der Waals surface area contributed by atoms with Gasteiger partial charge in [-0.2, -0.15) is 11.8 Å². The molecule has 22 heavy (non-hydrogen) atoms. The average Bonchev–Trinajstić information content (AvgIpc) is 3.18. The quantitative estimate of drug-likeness (QED) is 0.896. The Hall–Kier alpha value is -2.28. The van der Waals surface area contributed by atoms with Crippen molar-refractivity contribution in [2.75, 3.05) is 11.5 Å². The van der Waals surface area contributed by atoms with Gasteiger partial charge in [0.05, 0.1) is 0 Å². The summed E-state index contributed by atoms with van der Waals surface area (Å²) in [4.78, 5) is 23.7. The van der Waals surface area contributed by atoms with E-state index in [0.717, 1.165) is 5.56 Å². The van der Waals surface area contributed by atoms with Gasteiger partial charge in [-0.25, -0.2) is 4.79 Å². The van der Waals surface area contributed by atoms with E-state index in [-0.39, 0.29) is 5.69 Å². The summed E-state index contributed by atoms with van der Waals surface area (Å²) in [5.41, 5.74) is -0.331. The Balaban J connectivity index is 1.79. The van der Waals surface area contributed by atoms with Crippen LogP contribution in [0.15, 0.2) is 40.9 Å². The van der Waals surface area contributed by atoms with Crippen molar-refractivity contribution in [2.45, 2.75) is 12.0 Å². The number of carboxylic acids is 1. The fourth-order valence-corrected chi connectivity index (χ4v) is 3.61. The van der Waals surface area contributed by atoms with E-state index in [1.54, 1.807) is 0 Å². The molecule has 1 saturated heterocycles. The number of nitrogens with zero attached hydrogens (tertiary/aromatic N) is 1. The fourth-order valence-electron chi connectivity index (χ4n) is 2.29. The van der Waals surface area contributed by atoms with E-state index < -0.39 is 17.4 Å². The minimum Gasteiger partial charge on any atom is -0.479 e. The van der Waals surface area contributed by atoms with Gasteiger partial charge in [-0.3, -0.25) is 4.79 Å². The second kappa shape index (κ2) is 5.84. The maximum atomic E-state index is 12.2. The van der Waals surface area contributed by atoms with Gasteiger partial charge >= 0.3 is 5.97 Å². The highest BCUT2D eigenvalue weighted by atomic mass is 32.2. The second-order valence-electron chi connectivity index (χ2n) is 5.09. The van der Waals surface area contributed by atoms with E-state index in [1.165, 1.54) is 17.8 Å².